The van der Waals surface area contributed by atoms with E-state index >= 15 is 0 Å². The van der Waals surface area contributed by atoms with E-state index in [0.29, 0.717) is 0 Å². The molecule has 3 nitrogen and oxygen atoms in total. The molecule has 13 heavy (non-hydrogen) atoms. The molecule has 0 unspecified atom stereocenters. The molecule has 0 aromatic heterocycles. The maximum absolute atomic E-state index is 5.54. The van der Waals surface area contributed by atoms with Crippen LogP contribution in [-0.4, -0.2) is 37.6 Å². The number of likely N-dealkylation sites (tertiary alicyclic amines) is 1. The van der Waals surface area contributed by atoms with Gasteiger partial charge in [0.1, 0.15) is 0 Å². The van der Waals surface area contributed by atoms with Gasteiger partial charge in [0.2, 0.25) is 0 Å². The van der Waals surface area contributed by atoms with E-state index in [4.69, 9.17) is 11.5 Å². The van der Waals surface area contributed by atoms with Crippen molar-refractivity contribution in [1.29, 1.82) is 0 Å². The molecule has 0 saturated carbocycles. The van der Waals surface area contributed by atoms with Crippen LogP contribution < -0.4 is 11.5 Å². The Balaban J connectivity index is 2.08. The summed E-state index contributed by atoms with van der Waals surface area (Å²) >= 11 is 0. The van der Waals surface area contributed by atoms with E-state index in [1.165, 1.54) is 38.9 Å². The molecule has 1 aliphatic heterocycles. The van der Waals surface area contributed by atoms with Gasteiger partial charge in [-0.15, -0.1) is 0 Å². The minimum Gasteiger partial charge on any atom is -0.330 e. The lowest BCUT2D eigenvalue weighted by Gasteiger charge is -2.31. The summed E-state index contributed by atoms with van der Waals surface area (Å²) in [7, 11) is 0. The highest BCUT2D eigenvalue weighted by Crippen LogP contribution is 2.19. The molecular formula is C10H23N3. The van der Waals surface area contributed by atoms with E-state index < -0.39 is 0 Å². The molecule has 0 amide bonds. The predicted molar refractivity (Wildman–Crippen MR) is 56.5 cm³/mol. The highest BCUT2D eigenvalue weighted by Gasteiger charge is 2.17. The van der Waals surface area contributed by atoms with Gasteiger partial charge in [-0.2, -0.15) is 0 Å². The Kier molecular flexibility index (Phi) is 5.35. The Hall–Kier alpha value is -0.120. The second-order valence-corrected chi connectivity index (χ2v) is 4.00. The standard InChI is InChI=1S/C10H23N3/c11-5-1-7-13-8-3-10(2-6-12)4-9-13/h10H,1-9,11-12H2. The van der Waals surface area contributed by atoms with E-state index in [9.17, 15) is 0 Å². The summed E-state index contributed by atoms with van der Waals surface area (Å²) < 4.78 is 0. The van der Waals surface area contributed by atoms with E-state index in [1.807, 2.05) is 0 Å². The van der Waals surface area contributed by atoms with Crippen molar-refractivity contribution in [2.45, 2.75) is 25.7 Å². The van der Waals surface area contributed by atoms with Gasteiger partial charge in [0, 0.05) is 0 Å². The third-order valence-corrected chi connectivity index (χ3v) is 2.96. The normalized spacial score (nSPS) is 20.8. The van der Waals surface area contributed by atoms with Gasteiger partial charge in [-0.05, 0) is 64.3 Å². The maximum Gasteiger partial charge on any atom is -0.000671 e. The van der Waals surface area contributed by atoms with Crippen LogP contribution in [0.3, 0.4) is 0 Å². The predicted octanol–water partition coefficient (Wildman–Crippen LogP) is 0.396. The van der Waals surface area contributed by atoms with Crippen molar-refractivity contribution in [3.05, 3.63) is 0 Å². The number of piperidine rings is 1. The van der Waals surface area contributed by atoms with Crippen LogP contribution in [0.1, 0.15) is 25.7 Å². The molecule has 3 heteroatoms. The van der Waals surface area contributed by atoms with E-state index in [1.54, 1.807) is 0 Å². The molecule has 0 aromatic carbocycles. The van der Waals surface area contributed by atoms with Crippen LogP contribution in [0.4, 0.5) is 0 Å². The lowest BCUT2D eigenvalue weighted by Crippen LogP contribution is -2.35. The van der Waals surface area contributed by atoms with Gasteiger partial charge >= 0.3 is 0 Å². The van der Waals surface area contributed by atoms with Crippen molar-refractivity contribution in [1.82, 2.24) is 4.90 Å². The molecule has 1 fully saturated rings. The Morgan fingerprint density at radius 2 is 1.77 bits per heavy atom. The highest BCUT2D eigenvalue weighted by atomic mass is 15.1. The van der Waals surface area contributed by atoms with E-state index in [-0.39, 0.29) is 0 Å². The van der Waals surface area contributed by atoms with Gasteiger partial charge < -0.3 is 16.4 Å². The Morgan fingerprint density at radius 3 is 2.31 bits per heavy atom. The topological polar surface area (TPSA) is 55.3 Å². The summed E-state index contributed by atoms with van der Waals surface area (Å²) in [5.74, 6) is 0.888. The average Bonchev–Trinajstić information content (AvgIpc) is 2.17. The molecule has 0 aromatic rings. The Labute approximate surface area is 81.5 Å². The summed E-state index contributed by atoms with van der Waals surface area (Å²) in [5.41, 5.74) is 11.0. The molecular weight excluding hydrogens is 162 g/mol. The molecule has 0 atom stereocenters. The zero-order valence-electron chi connectivity index (χ0n) is 8.54. The van der Waals surface area contributed by atoms with E-state index in [0.717, 1.165) is 25.4 Å². The van der Waals surface area contributed by atoms with Crippen LogP contribution in [0, 0.1) is 5.92 Å². The first kappa shape index (κ1) is 11.0. The minimum absolute atomic E-state index is 0.822. The molecule has 1 saturated heterocycles. The fourth-order valence-electron chi connectivity index (χ4n) is 2.05. The largest absolute Gasteiger partial charge is 0.330 e. The van der Waals surface area contributed by atoms with Crippen LogP contribution in [0.25, 0.3) is 0 Å². The van der Waals surface area contributed by atoms with E-state index in [2.05, 4.69) is 4.90 Å². The van der Waals surface area contributed by atoms with Crippen molar-refractivity contribution in [3.8, 4) is 0 Å². The van der Waals surface area contributed by atoms with Crippen molar-refractivity contribution >= 4 is 0 Å². The zero-order chi connectivity index (χ0) is 9.52. The summed E-state index contributed by atoms with van der Waals surface area (Å²) in [6.07, 6.45) is 5.02. The summed E-state index contributed by atoms with van der Waals surface area (Å²) in [6, 6.07) is 0. The third-order valence-electron chi connectivity index (χ3n) is 2.96. The fourth-order valence-corrected chi connectivity index (χ4v) is 2.05. The SMILES string of the molecule is NCCCN1CCC(CCN)CC1. The van der Waals surface area contributed by atoms with Crippen molar-refractivity contribution in [3.63, 3.8) is 0 Å². The molecule has 0 spiro atoms. The van der Waals surface area contributed by atoms with Gasteiger partial charge in [0.05, 0.1) is 0 Å². The number of rotatable bonds is 5. The number of hydrogen-bond acceptors (Lipinski definition) is 3. The molecule has 0 radical (unpaired) electrons. The number of nitrogens with two attached hydrogens (primary N) is 2. The Morgan fingerprint density at radius 1 is 1.08 bits per heavy atom. The fraction of sp³-hybridized carbons (Fsp3) is 1.00. The first-order chi connectivity index (χ1) is 6.36. The second-order valence-electron chi connectivity index (χ2n) is 4.00. The molecule has 4 N–H and O–H groups in total. The molecule has 0 aliphatic carbocycles. The molecule has 1 heterocycles. The minimum atomic E-state index is 0.822. The third kappa shape index (κ3) is 4.07. The smallest absolute Gasteiger partial charge is 0.000671 e. The number of nitrogens with zero attached hydrogens (tertiary/aromatic N) is 1. The van der Waals surface area contributed by atoms with Crippen molar-refractivity contribution < 1.29 is 0 Å². The second kappa shape index (κ2) is 6.35. The van der Waals surface area contributed by atoms with Gasteiger partial charge in [-0.25, -0.2) is 0 Å². The lowest BCUT2D eigenvalue weighted by atomic mass is 9.93. The van der Waals surface area contributed by atoms with Crippen LogP contribution in [0.15, 0.2) is 0 Å². The van der Waals surface area contributed by atoms with Gasteiger partial charge in [-0.3, -0.25) is 0 Å². The van der Waals surface area contributed by atoms with Crippen LogP contribution in [0.2, 0.25) is 0 Å². The van der Waals surface area contributed by atoms with Crippen LogP contribution in [0.5, 0.6) is 0 Å². The molecule has 1 rings (SSSR count). The quantitative estimate of drug-likeness (QED) is 0.652. The first-order valence-corrected chi connectivity index (χ1v) is 5.49. The zero-order valence-corrected chi connectivity index (χ0v) is 8.54. The highest BCUT2D eigenvalue weighted by molar-refractivity contribution is 4.72. The monoisotopic (exact) mass is 185 g/mol. The van der Waals surface area contributed by atoms with Gasteiger partial charge in [0.25, 0.3) is 0 Å². The van der Waals surface area contributed by atoms with Crippen LogP contribution in [-0.2, 0) is 0 Å². The Bertz CT molecular complexity index is 119. The van der Waals surface area contributed by atoms with Gasteiger partial charge in [0.15, 0.2) is 0 Å². The molecule has 78 valence electrons. The summed E-state index contributed by atoms with van der Waals surface area (Å²) in [5, 5.41) is 0. The lowest BCUT2D eigenvalue weighted by molar-refractivity contribution is 0.179. The molecule has 0 bridgehead atoms. The number of hydrogen-bond donors (Lipinski definition) is 2. The van der Waals surface area contributed by atoms with Crippen molar-refractivity contribution in [2.24, 2.45) is 17.4 Å². The average molecular weight is 185 g/mol. The van der Waals surface area contributed by atoms with Crippen molar-refractivity contribution in [2.75, 3.05) is 32.7 Å². The van der Waals surface area contributed by atoms with Crippen LogP contribution >= 0.6 is 0 Å². The first-order valence-electron chi connectivity index (χ1n) is 5.49. The summed E-state index contributed by atoms with van der Waals surface area (Å²) in [4.78, 5) is 2.53. The van der Waals surface area contributed by atoms with Gasteiger partial charge in [-0.1, -0.05) is 0 Å². The molecule has 1 aliphatic rings. The summed E-state index contributed by atoms with van der Waals surface area (Å²) in [6.45, 7) is 5.37. The maximum atomic E-state index is 5.54.